The molecule has 0 aromatic heterocycles. The SMILES string of the molecule is CCC(CN)(COC)N1CCN(c2cccc(Cl)c2)CC1. The zero-order chi connectivity index (χ0) is 15.3. The van der Waals surface area contributed by atoms with E-state index in [1.807, 2.05) is 18.2 Å². The smallest absolute Gasteiger partial charge is 0.0658 e. The summed E-state index contributed by atoms with van der Waals surface area (Å²) < 4.78 is 5.42. The number of nitrogens with zero attached hydrogens (tertiary/aromatic N) is 2. The Morgan fingerprint density at radius 3 is 2.52 bits per heavy atom. The van der Waals surface area contributed by atoms with Gasteiger partial charge in [0.2, 0.25) is 0 Å². The minimum atomic E-state index is -0.0326. The van der Waals surface area contributed by atoms with Crippen LogP contribution in [0.25, 0.3) is 0 Å². The van der Waals surface area contributed by atoms with E-state index in [9.17, 15) is 0 Å². The third-order valence-corrected chi connectivity index (χ3v) is 4.81. The minimum Gasteiger partial charge on any atom is -0.383 e. The number of hydrogen-bond donors (Lipinski definition) is 1. The van der Waals surface area contributed by atoms with E-state index in [2.05, 4.69) is 22.8 Å². The number of anilines is 1. The zero-order valence-electron chi connectivity index (χ0n) is 13.0. The van der Waals surface area contributed by atoms with Gasteiger partial charge in [-0.2, -0.15) is 0 Å². The van der Waals surface area contributed by atoms with Crippen LogP contribution in [0.2, 0.25) is 5.02 Å². The first-order chi connectivity index (χ1) is 10.1. The van der Waals surface area contributed by atoms with Crippen LogP contribution in [-0.2, 0) is 4.74 Å². The molecule has 4 nitrogen and oxygen atoms in total. The van der Waals surface area contributed by atoms with E-state index in [0.29, 0.717) is 13.2 Å². The summed E-state index contributed by atoms with van der Waals surface area (Å²) in [5, 5.41) is 0.791. The monoisotopic (exact) mass is 311 g/mol. The highest BCUT2D eigenvalue weighted by Gasteiger charge is 2.35. The van der Waals surface area contributed by atoms with Crippen molar-refractivity contribution < 1.29 is 4.74 Å². The first-order valence-corrected chi connectivity index (χ1v) is 7.97. The second kappa shape index (κ2) is 7.45. The van der Waals surface area contributed by atoms with Crippen molar-refractivity contribution in [3.8, 4) is 0 Å². The lowest BCUT2D eigenvalue weighted by Crippen LogP contribution is -2.62. The molecule has 0 saturated carbocycles. The molecular formula is C16H26ClN3O. The van der Waals surface area contributed by atoms with Crippen molar-refractivity contribution in [2.24, 2.45) is 5.73 Å². The van der Waals surface area contributed by atoms with Crippen LogP contribution in [0.4, 0.5) is 5.69 Å². The lowest BCUT2D eigenvalue weighted by molar-refractivity contribution is 0.00856. The predicted molar refractivity (Wildman–Crippen MR) is 89.2 cm³/mol. The molecule has 1 aliphatic heterocycles. The van der Waals surface area contributed by atoms with Crippen LogP contribution in [0.15, 0.2) is 24.3 Å². The molecule has 0 amide bonds. The summed E-state index contributed by atoms with van der Waals surface area (Å²) in [6.45, 7) is 7.50. The number of hydrogen-bond acceptors (Lipinski definition) is 4. The Morgan fingerprint density at radius 1 is 1.29 bits per heavy atom. The van der Waals surface area contributed by atoms with Crippen LogP contribution < -0.4 is 10.6 Å². The highest BCUT2D eigenvalue weighted by molar-refractivity contribution is 6.30. The van der Waals surface area contributed by atoms with Crippen molar-refractivity contribution in [1.29, 1.82) is 0 Å². The third kappa shape index (κ3) is 3.69. The fraction of sp³-hybridized carbons (Fsp3) is 0.625. The van der Waals surface area contributed by atoms with Crippen LogP contribution >= 0.6 is 11.6 Å². The van der Waals surface area contributed by atoms with Crippen molar-refractivity contribution in [1.82, 2.24) is 4.90 Å². The molecule has 1 aromatic carbocycles. The highest BCUT2D eigenvalue weighted by atomic mass is 35.5. The molecule has 1 saturated heterocycles. The summed E-state index contributed by atoms with van der Waals surface area (Å²) in [6.07, 6.45) is 1.01. The van der Waals surface area contributed by atoms with Gasteiger partial charge in [-0.05, 0) is 24.6 Å². The lowest BCUT2D eigenvalue weighted by Gasteiger charge is -2.47. The van der Waals surface area contributed by atoms with Gasteiger partial charge in [-0.3, -0.25) is 4.90 Å². The number of methoxy groups -OCH3 is 1. The summed E-state index contributed by atoms with van der Waals surface area (Å²) in [5.74, 6) is 0. The van der Waals surface area contributed by atoms with Gasteiger partial charge in [0.05, 0.1) is 12.1 Å². The van der Waals surface area contributed by atoms with Gasteiger partial charge in [-0.15, -0.1) is 0 Å². The van der Waals surface area contributed by atoms with Crippen molar-refractivity contribution in [2.45, 2.75) is 18.9 Å². The molecule has 0 spiro atoms. The number of rotatable bonds is 6. The normalized spacial score (nSPS) is 19.5. The molecule has 0 bridgehead atoms. The van der Waals surface area contributed by atoms with Gasteiger partial charge in [0.1, 0.15) is 0 Å². The Labute approximate surface area is 132 Å². The second-order valence-electron chi connectivity index (χ2n) is 5.67. The Morgan fingerprint density at radius 2 is 2.00 bits per heavy atom. The van der Waals surface area contributed by atoms with E-state index >= 15 is 0 Å². The molecule has 1 heterocycles. The van der Waals surface area contributed by atoms with Crippen LogP contribution in [0.3, 0.4) is 0 Å². The highest BCUT2D eigenvalue weighted by Crippen LogP contribution is 2.25. The summed E-state index contributed by atoms with van der Waals surface area (Å²) in [5.41, 5.74) is 7.21. The summed E-state index contributed by atoms with van der Waals surface area (Å²) >= 11 is 6.08. The molecule has 2 rings (SSSR count). The molecule has 2 N–H and O–H groups in total. The number of piperazine rings is 1. The zero-order valence-corrected chi connectivity index (χ0v) is 13.8. The minimum absolute atomic E-state index is 0.0326. The van der Waals surface area contributed by atoms with E-state index < -0.39 is 0 Å². The molecule has 1 fully saturated rings. The average Bonchev–Trinajstić information content (AvgIpc) is 2.53. The van der Waals surface area contributed by atoms with Crippen LogP contribution in [0, 0.1) is 0 Å². The van der Waals surface area contributed by atoms with E-state index in [-0.39, 0.29) is 5.54 Å². The predicted octanol–water partition coefficient (Wildman–Crippen LogP) is 2.22. The number of halogens is 1. The fourth-order valence-corrected chi connectivity index (χ4v) is 3.31. The molecule has 1 aromatic rings. The Bertz CT molecular complexity index is 443. The van der Waals surface area contributed by atoms with Gasteiger partial charge in [0, 0.05) is 50.5 Å². The molecule has 0 radical (unpaired) electrons. The van der Waals surface area contributed by atoms with Gasteiger partial charge in [-0.25, -0.2) is 0 Å². The Hall–Kier alpha value is -0.810. The van der Waals surface area contributed by atoms with Crippen molar-refractivity contribution >= 4 is 17.3 Å². The van der Waals surface area contributed by atoms with Crippen LogP contribution in [0.5, 0.6) is 0 Å². The summed E-state index contributed by atoms with van der Waals surface area (Å²) in [6, 6.07) is 8.07. The topological polar surface area (TPSA) is 41.7 Å². The average molecular weight is 312 g/mol. The standard InChI is InChI=1S/C16H26ClN3O/c1-3-16(12-18,13-21-2)20-9-7-19(8-10-20)15-6-4-5-14(17)11-15/h4-6,11H,3,7-10,12-13,18H2,1-2H3. The van der Waals surface area contributed by atoms with Crippen LogP contribution in [0.1, 0.15) is 13.3 Å². The molecule has 1 unspecified atom stereocenters. The first kappa shape index (κ1) is 16.6. The second-order valence-corrected chi connectivity index (χ2v) is 6.11. The van der Waals surface area contributed by atoms with E-state index in [1.165, 1.54) is 5.69 Å². The number of benzene rings is 1. The van der Waals surface area contributed by atoms with Gasteiger partial charge in [0.25, 0.3) is 0 Å². The van der Waals surface area contributed by atoms with E-state index in [0.717, 1.165) is 37.6 Å². The summed E-state index contributed by atoms with van der Waals surface area (Å²) in [4.78, 5) is 4.86. The van der Waals surface area contributed by atoms with Crippen molar-refractivity contribution in [3.63, 3.8) is 0 Å². The van der Waals surface area contributed by atoms with Crippen LogP contribution in [-0.4, -0.2) is 56.9 Å². The first-order valence-electron chi connectivity index (χ1n) is 7.60. The van der Waals surface area contributed by atoms with E-state index in [1.54, 1.807) is 7.11 Å². The Balaban J connectivity index is 2.02. The van der Waals surface area contributed by atoms with Gasteiger partial charge < -0.3 is 15.4 Å². The fourth-order valence-electron chi connectivity index (χ4n) is 3.13. The maximum absolute atomic E-state index is 6.08. The molecule has 118 valence electrons. The van der Waals surface area contributed by atoms with Crippen molar-refractivity contribution in [3.05, 3.63) is 29.3 Å². The third-order valence-electron chi connectivity index (χ3n) is 4.57. The van der Waals surface area contributed by atoms with Crippen molar-refractivity contribution in [2.75, 3.05) is 51.3 Å². The maximum Gasteiger partial charge on any atom is 0.0658 e. The van der Waals surface area contributed by atoms with E-state index in [4.69, 9.17) is 22.1 Å². The number of nitrogens with two attached hydrogens (primary N) is 1. The van der Waals surface area contributed by atoms with Gasteiger partial charge >= 0.3 is 0 Å². The lowest BCUT2D eigenvalue weighted by atomic mass is 9.93. The molecule has 1 aliphatic rings. The maximum atomic E-state index is 6.08. The quantitative estimate of drug-likeness (QED) is 0.874. The summed E-state index contributed by atoms with van der Waals surface area (Å²) in [7, 11) is 1.75. The molecule has 21 heavy (non-hydrogen) atoms. The Kier molecular flexibility index (Phi) is 5.88. The number of ether oxygens (including phenoxy) is 1. The largest absolute Gasteiger partial charge is 0.383 e. The molecule has 1 atom stereocenters. The molecule has 0 aliphatic carbocycles. The molecular weight excluding hydrogens is 286 g/mol. The molecule has 5 heteroatoms. The van der Waals surface area contributed by atoms with Gasteiger partial charge in [-0.1, -0.05) is 24.6 Å². The van der Waals surface area contributed by atoms with Gasteiger partial charge in [0.15, 0.2) is 0 Å².